The fourth-order valence-electron chi connectivity index (χ4n) is 2.19. The molecule has 17 heavy (non-hydrogen) atoms. The van der Waals surface area contributed by atoms with E-state index in [2.05, 4.69) is 20.9 Å². The van der Waals surface area contributed by atoms with Crippen LogP contribution in [0.15, 0.2) is 22.9 Å². The molecule has 0 spiro atoms. The summed E-state index contributed by atoms with van der Waals surface area (Å²) in [6.45, 7) is 0.887. The van der Waals surface area contributed by atoms with E-state index in [-0.39, 0.29) is 6.04 Å². The highest BCUT2D eigenvalue weighted by molar-refractivity contribution is 9.10. The summed E-state index contributed by atoms with van der Waals surface area (Å²) in [7, 11) is 0. The number of hydrogen-bond acceptors (Lipinski definition) is 3. The molecule has 0 bridgehead atoms. The average molecular weight is 318 g/mol. The Morgan fingerprint density at radius 2 is 2.35 bits per heavy atom. The lowest BCUT2D eigenvalue weighted by atomic mass is 10.2. The Morgan fingerprint density at radius 3 is 3.06 bits per heavy atom. The first-order valence-electron chi connectivity index (χ1n) is 5.25. The van der Waals surface area contributed by atoms with Crippen molar-refractivity contribution in [3.05, 3.63) is 28.1 Å². The Bertz CT molecular complexity index is 572. The van der Waals surface area contributed by atoms with E-state index in [1.807, 2.05) is 16.8 Å². The fourth-order valence-corrected chi connectivity index (χ4v) is 3.17. The van der Waals surface area contributed by atoms with Crippen LogP contribution in [0.5, 0.6) is 0 Å². The lowest BCUT2D eigenvalue weighted by Crippen LogP contribution is -2.21. The molecule has 2 atom stereocenters. The van der Waals surface area contributed by atoms with Crippen LogP contribution in [-0.2, 0) is 4.74 Å². The van der Waals surface area contributed by atoms with Crippen LogP contribution >= 0.6 is 27.5 Å². The monoisotopic (exact) mass is 316 g/mol. The number of aliphatic hydroxyl groups is 1. The minimum Gasteiger partial charge on any atom is -0.388 e. The Balaban J connectivity index is 2.20. The van der Waals surface area contributed by atoms with Gasteiger partial charge in [0.05, 0.1) is 30.2 Å². The molecule has 0 amide bonds. The molecule has 90 valence electrons. The second kappa shape index (κ2) is 4.24. The predicted octanol–water partition coefficient (Wildman–Crippen LogP) is 2.38. The Labute approximate surface area is 111 Å². The molecule has 1 aliphatic rings. The first kappa shape index (κ1) is 11.5. The number of aromatic nitrogens is 2. The molecule has 3 rings (SSSR count). The topological polar surface area (TPSA) is 47.3 Å². The van der Waals surface area contributed by atoms with Gasteiger partial charge in [0, 0.05) is 16.9 Å². The summed E-state index contributed by atoms with van der Waals surface area (Å²) in [6, 6.07) is 1.82. The van der Waals surface area contributed by atoms with E-state index >= 15 is 0 Å². The number of aliphatic hydroxyl groups excluding tert-OH is 1. The van der Waals surface area contributed by atoms with Crippen molar-refractivity contribution < 1.29 is 9.84 Å². The van der Waals surface area contributed by atoms with Gasteiger partial charge >= 0.3 is 0 Å². The summed E-state index contributed by atoms with van der Waals surface area (Å²) in [5.74, 6) is 0. The van der Waals surface area contributed by atoms with Gasteiger partial charge < -0.3 is 14.4 Å². The summed E-state index contributed by atoms with van der Waals surface area (Å²) < 4.78 is 8.15. The van der Waals surface area contributed by atoms with Crippen molar-refractivity contribution in [2.24, 2.45) is 0 Å². The van der Waals surface area contributed by atoms with Crippen LogP contribution in [-0.4, -0.2) is 34.0 Å². The molecule has 0 saturated carbocycles. The molecule has 0 unspecified atom stereocenters. The molecule has 0 radical (unpaired) electrons. The van der Waals surface area contributed by atoms with Gasteiger partial charge in [-0.1, -0.05) is 11.6 Å². The van der Waals surface area contributed by atoms with Gasteiger partial charge in [0.15, 0.2) is 0 Å². The summed E-state index contributed by atoms with van der Waals surface area (Å²) in [4.78, 5) is 4.06. The highest BCUT2D eigenvalue weighted by atomic mass is 79.9. The van der Waals surface area contributed by atoms with Crippen LogP contribution in [0.3, 0.4) is 0 Å². The number of ether oxygens (including phenoxy) is 1. The molecule has 1 aliphatic heterocycles. The van der Waals surface area contributed by atoms with Gasteiger partial charge in [0.1, 0.15) is 11.3 Å². The third kappa shape index (κ3) is 1.78. The van der Waals surface area contributed by atoms with E-state index in [1.165, 1.54) is 0 Å². The van der Waals surface area contributed by atoms with E-state index in [4.69, 9.17) is 16.3 Å². The van der Waals surface area contributed by atoms with Gasteiger partial charge in [0.25, 0.3) is 0 Å². The quantitative estimate of drug-likeness (QED) is 0.822. The summed E-state index contributed by atoms with van der Waals surface area (Å²) in [5, 5.41) is 11.2. The third-order valence-corrected chi connectivity index (χ3v) is 3.92. The Morgan fingerprint density at radius 1 is 1.53 bits per heavy atom. The van der Waals surface area contributed by atoms with Crippen molar-refractivity contribution >= 4 is 38.4 Å². The first-order chi connectivity index (χ1) is 8.18. The number of nitrogens with zero attached hydrogens (tertiary/aromatic N) is 2. The van der Waals surface area contributed by atoms with E-state index in [0.717, 1.165) is 15.4 Å². The maximum atomic E-state index is 9.87. The largest absolute Gasteiger partial charge is 0.388 e. The van der Waals surface area contributed by atoms with E-state index in [1.54, 1.807) is 6.20 Å². The van der Waals surface area contributed by atoms with Gasteiger partial charge in [0.2, 0.25) is 0 Å². The second-order valence-electron chi connectivity index (χ2n) is 4.05. The van der Waals surface area contributed by atoms with Crippen LogP contribution in [0.1, 0.15) is 6.04 Å². The van der Waals surface area contributed by atoms with Crippen molar-refractivity contribution in [3.8, 4) is 0 Å². The molecule has 1 N–H and O–H groups in total. The van der Waals surface area contributed by atoms with Crippen LogP contribution in [0.4, 0.5) is 0 Å². The minimum atomic E-state index is -0.482. The van der Waals surface area contributed by atoms with Gasteiger partial charge in [-0.3, -0.25) is 0 Å². The molecule has 3 heterocycles. The lowest BCUT2D eigenvalue weighted by Gasteiger charge is -2.15. The molecule has 1 fully saturated rings. The van der Waals surface area contributed by atoms with Crippen molar-refractivity contribution in [2.45, 2.75) is 12.1 Å². The smallest absolute Gasteiger partial charge is 0.139 e. The molecule has 4 nitrogen and oxygen atoms in total. The Kier molecular flexibility index (Phi) is 2.86. The van der Waals surface area contributed by atoms with Gasteiger partial charge in [-0.2, -0.15) is 0 Å². The number of hydrogen-bond donors (Lipinski definition) is 1. The maximum absolute atomic E-state index is 9.87. The number of fused-ring (bicyclic) bond motifs is 1. The highest BCUT2D eigenvalue weighted by Gasteiger charge is 2.29. The SMILES string of the molecule is O[C@@H]1COC[C@H]1n1cc(Br)c2c(Cl)nccc21. The fraction of sp³-hybridized carbons (Fsp3) is 0.364. The van der Waals surface area contributed by atoms with Crippen LogP contribution in [0.2, 0.25) is 5.15 Å². The van der Waals surface area contributed by atoms with E-state index < -0.39 is 6.10 Å². The zero-order chi connectivity index (χ0) is 12.0. The number of pyridine rings is 1. The number of rotatable bonds is 1. The molecule has 0 aromatic carbocycles. The number of halogens is 2. The zero-order valence-electron chi connectivity index (χ0n) is 8.81. The summed E-state index contributed by atoms with van der Waals surface area (Å²) in [6.07, 6.45) is 3.10. The molecule has 0 aliphatic carbocycles. The van der Waals surface area contributed by atoms with Gasteiger partial charge in [-0.05, 0) is 22.0 Å². The van der Waals surface area contributed by atoms with Gasteiger partial charge in [-0.25, -0.2) is 4.98 Å². The molecular weight excluding hydrogens is 307 g/mol. The maximum Gasteiger partial charge on any atom is 0.139 e. The molecule has 2 aromatic rings. The molecule has 6 heteroatoms. The average Bonchev–Trinajstić information content (AvgIpc) is 2.84. The van der Waals surface area contributed by atoms with Crippen molar-refractivity contribution in [1.29, 1.82) is 0 Å². The normalized spacial score (nSPS) is 24.6. The first-order valence-corrected chi connectivity index (χ1v) is 6.42. The molecule has 2 aromatic heterocycles. The highest BCUT2D eigenvalue weighted by Crippen LogP contribution is 2.34. The van der Waals surface area contributed by atoms with Crippen LogP contribution in [0, 0.1) is 0 Å². The second-order valence-corrected chi connectivity index (χ2v) is 5.26. The zero-order valence-corrected chi connectivity index (χ0v) is 11.1. The van der Waals surface area contributed by atoms with Crippen LogP contribution in [0.25, 0.3) is 10.9 Å². The van der Waals surface area contributed by atoms with Gasteiger partial charge in [-0.15, -0.1) is 0 Å². The minimum absolute atomic E-state index is 0.0673. The summed E-state index contributed by atoms with van der Waals surface area (Å²) >= 11 is 9.54. The molecular formula is C11H10BrClN2O2. The van der Waals surface area contributed by atoms with Crippen molar-refractivity contribution in [2.75, 3.05) is 13.2 Å². The third-order valence-electron chi connectivity index (χ3n) is 3.03. The Hall–Kier alpha value is -0.620. The predicted molar refractivity (Wildman–Crippen MR) is 68.3 cm³/mol. The van der Waals surface area contributed by atoms with Crippen molar-refractivity contribution in [3.63, 3.8) is 0 Å². The van der Waals surface area contributed by atoms with Crippen molar-refractivity contribution in [1.82, 2.24) is 9.55 Å². The van der Waals surface area contributed by atoms with Crippen LogP contribution < -0.4 is 0 Å². The standard InChI is InChI=1S/C11H10BrClN2O2/c12-6-3-15(8-4-17-5-9(8)16)7-1-2-14-11(13)10(6)7/h1-3,8-9,16H,4-5H2/t8-,9-/m1/s1. The summed E-state index contributed by atoms with van der Waals surface area (Å²) in [5.41, 5.74) is 0.950. The van der Waals surface area contributed by atoms with E-state index in [9.17, 15) is 5.11 Å². The lowest BCUT2D eigenvalue weighted by molar-refractivity contribution is 0.120. The van der Waals surface area contributed by atoms with E-state index in [0.29, 0.717) is 18.4 Å². The molecule has 1 saturated heterocycles.